The average Bonchev–Trinajstić information content (AvgIpc) is 3.46. The highest BCUT2D eigenvalue weighted by Crippen LogP contribution is 2.50. The largest absolute Gasteiger partial charge is 0.465 e. The smallest absolute Gasteiger partial charge is 0.459 e. The predicted molar refractivity (Wildman–Crippen MR) is 139 cm³/mol. The number of hydrogen-bond donors (Lipinski definition) is 4. The van der Waals surface area contributed by atoms with Crippen LogP contribution in [0.1, 0.15) is 20.1 Å². The Morgan fingerprint density at radius 1 is 1.32 bits per heavy atom. The molecule has 0 spiro atoms. The van der Waals surface area contributed by atoms with Crippen molar-refractivity contribution >= 4 is 36.6 Å². The van der Waals surface area contributed by atoms with Crippen LogP contribution in [0.25, 0.3) is 11.2 Å². The predicted octanol–water partition coefficient (Wildman–Crippen LogP) is 2.43. The third kappa shape index (κ3) is 6.08. The number of rotatable bonds is 12. The van der Waals surface area contributed by atoms with Gasteiger partial charge in [-0.2, -0.15) is 15.1 Å². The number of nitrogen functional groups attached to an aromatic ring is 1. The summed E-state index contributed by atoms with van der Waals surface area (Å²) >= 11 is 0. The van der Waals surface area contributed by atoms with Crippen LogP contribution in [0.15, 0.2) is 36.7 Å². The molecule has 5 N–H and O–H groups in total. The number of hydrogen-bond acceptors (Lipinski definition) is 12. The zero-order chi connectivity index (χ0) is 29.9. The van der Waals surface area contributed by atoms with Gasteiger partial charge in [0, 0.05) is 7.05 Å². The molecule has 1 aromatic carbocycles. The van der Waals surface area contributed by atoms with Gasteiger partial charge in [-0.05, 0) is 26.0 Å². The van der Waals surface area contributed by atoms with Crippen molar-refractivity contribution in [1.29, 1.82) is 0 Å². The number of para-hydroxylation sites is 1. The average molecular weight is 603 g/mol. The second kappa shape index (κ2) is 12.2. The number of halogens is 3. The summed E-state index contributed by atoms with van der Waals surface area (Å²) in [6.07, 6.45) is -9.17. The Labute approximate surface area is 231 Å². The molecule has 1 fully saturated rings. The van der Waals surface area contributed by atoms with E-state index in [0.29, 0.717) is 0 Å². The normalized spacial score (nSPS) is 24.7. The quantitative estimate of drug-likeness (QED) is 0.175. The molecule has 0 radical (unpaired) electrons. The lowest BCUT2D eigenvalue weighted by Crippen LogP contribution is -2.49. The summed E-state index contributed by atoms with van der Waals surface area (Å²) in [5.74, 6) is -0.823. The number of nitrogens with one attached hydrogen (secondary N) is 2. The first-order valence-electron chi connectivity index (χ1n) is 12.4. The van der Waals surface area contributed by atoms with Crippen molar-refractivity contribution in [2.45, 2.75) is 50.4 Å². The number of esters is 1. The molecule has 0 saturated carbocycles. The molecule has 2 aromatic heterocycles. The van der Waals surface area contributed by atoms with Crippen LogP contribution in [0, 0.1) is 0 Å². The summed E-state index contributed by atoms with van der Waals surface area (Å²) in [4.78, 5) is 24.1. The van der Waals surface area contributed by atoms with Crippen LogP contribution in [-0.4, -0.2) is 81.2 Å². The number of nitrogens with zero attached hydrogens (tertiary/aromatic N) is 4. The number of nitrogens with two attached hydrogens (primary N) is 1. The number of ether oxygens (including phenoxy) is 2. The van der Waals surface area contributed by atoms with Crippen molar-refractivity contribution in [3.8, 4) is 5.75 Å². The van der Waals surface area contributed by atoms with Gasteiger partial charge in [0.05, 0.1) is 19.5 Å². The van der Waals surface area contributed by atoms with E-state index in [4.69, 9.17) is 24.3 Å². The van der Waals surface area contributed by atoms with E-state index >= 15 is 4.39 Å². The molecule has 224 valence electrons. The van der Waals surface area contributed by atoms with E-state index in [1.165, 1.54) is 26.1 Å². The van der Waals surface area contributed by atoms with Gasteiger partial charge >= 0.3 is 13.7 Å². The fourth-order valence-corrected chi connectivity index (χ4v) is 5.64. The Bertz CT molecular complexity index is 1420. The number of anilines is 2. The van der Waals surface area contributed by atoms with Crippen molar-refractivity contribution < 1.29 is 46.2 Å². The Morgan fingerprint density at radius 3 is 2.66 bits per heavy atom. The van der Waals surface area contributed by atoms with E-state index in [-0.39, 0.29) is 35.3 Å². The maximum Gasteiger partial charge on any atom is 0.459 e. The highest BCUT2D eigenvalue weighted by molar-refractivity contribution is 7.52. The molecule has 3 heterocycles. The molecule has 0 aliphatic carbocycles. The van der Waals surface area contributed by atoms with Gasteiger partial charge in [0.2, 0.25) is 11.6 Å². The van der Waals surface area contributed by atoms with Gasteiger partial charge in [-0.3, -0.25) is 13.9 Å². The second-order valence-electron chi connectivity index (χ2n) is 8.90. The van der Waals surface area contributed by atoms with E-state index in [0.717, 1.165) is 10.9 Å². The minimum atomic E-state index is -4.47. The molecule has 6 atom stereocenters. The number of fused-ring (bicyclic) bond motifs is 1. The maximum atomic E-state index is 16.0. The minimum Gasteiger partial charge on any atom is -0.465 e. The first kappa shape index (κ1) is 30.5. The molecular weight excluding hydrogens is 574 g/mol. The maximum absolute atomic E-state index is 16.0. The number of benzene rings is 1. The number of aliphatic hydroxyl groups is 1. The summed E-state index contributed by atoms with van der Waals surface area (Å²) < 4.78 is 80.2. The van der Waals surface area contributed by atoms with Crippen LogP contribution in [0.2, 0.25) is 0 Å². The number of aromatic nitrogens is 4. The number of alkyl halides is 3. The molecule has 3 aromatic rings. The highest BCUT2D eigenvalue weighted by atomic mass is 31.2. The van der Waals surface area contributed by atoms with Crippen LogP contribution < -0.4 is 20.7 Å². The van der Waals surface area contributed by atoms with Crippen molar-refractivity contribution in [3.05, 3.63) is 36.7 Å². The second-order valence-corrected chi connectivity index (χ2v) is 10.6. The van der Waals surface area contributed by atoms with E-state index in [2.05, 4.69) is 25.4 Å². The van der Waals surface area contributed by atoms with Crippen LogP contribution in [0.5, 0.6) is 5.75 Å². The molecule has 14 nitrogen and oxygen atoms in total. The summed E-state index contributed by atoms with van der Waals surface area (Å²) in [5, 5.41) is 15.8. The lowest BCUT2D eigenvalue weighted by atomic mass is 9.96. The van der Waals surface area contributed by atoms with Gasteiger partial charge in [-0.15, -0.1) is 0 Å². The van der Waals surface area contributed by atoms with Crippen LogP contribution >= 0.6 is 7.75 Å². The fourth-order valence-electron chi connectivity index (χ4n) is 4.14. The van der Waals surface area contributed by atoms with E-state index < -0.39 is 56.9 Å². The summed E-state index contributed by atoms with van der Waals surface area (Å²) in [5.41, 5.74) is 1.95. The third-order valence-corrected chi connectivity index (χ3v) is 7.76. The molecule has 1 saturated heterocycles. The van der Waals surface area contributed by atoms with Gasteiger partial charge in [0.25, 0.3) is 6.43 Å². The summed E-state index contributed by atoms with van der Waals surface area (Å²) in [6, 6.07) is 6.52. The van der Waals surface area contributed by atoms with Gasteiger partial charge in [0.1, 0.15) is 24.0 Å². The third-order valence-electron chi connectivity index (χ3n) is 6.12. The first-order valence-corrected chi connectivity index (χ1v) is 13.9. The molecule has 18 heteroatoms. The van der Waals surface area contributed by atoms with Gasteiger partial charge in [-0.1, -0.05) is 18.2 Å². The van der Waals surface area contributed by atoms with Crippen LogP contribution in [0.4, 0.5) is 24.9 Å². The van der Waals surface area contributed by atoms with E-state index in [1.54, 1.807) is 25.1 Å². The molecule has 1 aliphatic rings. The molecule has 4 rings (SSSR count). The van der Waals surface area contributed by atoms with Gasteiger partial charge < -0.3 is 30.2 Å². The van der Waals surface area contributed by atoms with E-state index in [9.17, 15) is 23.2 Å². The van der Waals surface area contributed by atoms with Crippen molar-refractivity contribution in [1.82, 2.24) is 24.6 Å². The van der Waals surface area contributed by atoms with Crippen molar-refractivity contribution in [3.63, 3.8) is 0 Å². The first-order chi connectivity index (χ1) is 19.4. The van der Waals surface area contributed by atoms with Crippen LogP contribution in [0.3, 0.4) is 0 Å². The van der Waals surface area contributed by atoms with Crippen LogP contribution in [-0.2, 0) is 23.4 Å². The molecule has 1 aliphatic heterocycles. The van der Waals surface area contributed by atoms with E-state index in [1.807, 2.05) is 0 Å². The number of imidazole rings is 1. The van der Waals surface area contributed by atoms with Crippen molar-refractivity contribution in [2.24, 2.45) is 0 Å². The Hall–Kier alpha value is -3.50. The SMILES string of the molecule is CCOC(=O)C(C)N[P@](=O)(OC[C@H]1O[C@@H](n2cnc3c(NC)nc(N)nc32)[C@@](F)(C(F)F)[C@@H]1O)Oc1ccccc1. The zero-order valence-electron chi connectivity index (χ0n) is 22.1. The lowest BCUT2D eigenvalue weighted by molar-refractivity contribution is -0.144. The fraction of sp³-hybridized carbons (Fsp3) is 0.478. The highest BCUT2D eigenvalue weighted by Gasteiger charge is 2.64. The standard InChI is InChI=1S/C23H29F3N7O7P/c1-4-37-19(35)12(2)32-41(36,40-13-8-6-5-7-9-13)38-10-14-16(34)23(26,20(24)25)21(39-14)33-11-29-15-17(28-3)30-22(27)31-18(15)33/h5-9,11-12,14,16,20-21,34H,4,10H2,1-3H3,(H,32,36)(H3,27,28,30,31)/t12?,14-,16-,21-,23+,41+/m1/s1. The molecule has 1 unspecified atom stereocenters. The lowest BCUT2D eigenvalue weighted by Gasteiger charge is -2.28. The van der Waals surface area contributed by atoms with Gasteiger partial charge in [0.15, 0.2) is 23.2 Å². The van der Waals surface area contributed by atoms with Gasteiger partial charge in [-0.25, -0.2) is 22.7 Å². The Balaban J connectivity index is 1.62. The molecule has 0 bridgehead atoms. The number of aliphatic hydroxyl groups excluding tert-OH is 1. The minimum absolute atomic E-state index is 0.0422. The number of carbonyl (C=O) groups is 1. The topological polar surface area (TPSA) is 185 Å². The summed E-state index contributed by atoms with van der Waals surface area (Å²) in [7, 11) is -2.96. The molecular formula is C23H29F3N7O7P. The van der Waals surface area contributed by atoms with Crippen molar-refractivity contribution in [2.75, 3.05) is 31.3 Å². The molecule has 0 amide bonds. The zero-order valence-corrected chi connectivity index (χ0v) is 23.0. The molecule has 41 heavy (non-hydrogen) atoms. The monoisotopic (exact) mass is 603 g/mol. The number of carbonyl (C=O) groups excluding carboxylic acids is 1. The Kier molecular flexibility index (Phi) is 9.03. The summed E-state index contributed by atoms with van der Waals surface area (Å²) in [6.45, 7) is 2.06. The Morgan fingerprint density at radius 2 is 2.02 bits per heavy atom.